The Hall–Kier alpha value is -11.6. The average Bonchev–Trinajstić information content (AvgIpc) is 1.72. The Balaban J connectivity index is 0.000000155. The topological polar surface area (TPSA) is 326 Å². The lowest BCUT2D eigenvalue weighted by atomic mass is 10.2. The molecule has 4 amide bonds. The highest BCUT2D eigenvalue weighted by Crippen LogP contribution is 2.29. The summed E-state index contributed by atoms with van der Waals surface area (Å²) in [6.45, 7) is 13.3. The molecule has 2 unspecified atom stereocenters. The van der Waals surface area contributed by atoms with Gasteiger partial charge in [-0.05, 0) is 174 Å². The molecule has 12 aromatic rings. The number of carbonyl (C=O) groups is 4. The summed E-state index contributed by atoms with van der Waals surface area (Å²) in [4.78, 5) is 71.6. The molecule has 14 rings (SSSR count). The van der Waals surface area contributed by atoms with E-state index in [-0.39, 0.29) is 38.7 Å². The number of hydrogen-bond donors (Lipinski definition) is 5. The number of nitro benzene ring substituents is 1. The average molecular weight is 1530 g/mol. The van der Waals surface area contributed by atoms with E-state index in [1.807, 2.05) is 185 Å². The van der Waals surface area contributed by atoms with E-state index in [9.17, 15) is 29.3 Å². The molecule has 6 heterocycles. The van der Waals surface area contributed by atoms with Gasteiger partial charge in [0.15, 0.2) is 5.37 Å². The third-order valence-electron chi connectivity index (χ3n) is 15.5. The second-order valence-corrected chi connectivity index (χ2v) is 27.1. The molecule has 546 valence electrons. The van der Waals surface area contributed by atoms with Crippen LogP contribution in [0.1, 0.15) is 56.9 Å². The summed E-state index contributed by atoms with van der Waals surface area (Å²) in [5.41, 5.74) is 17.1. The van der Waals surface area contributed by atoms with Crippen LogP contribution in [0.25, 0.3) is 45.8 Å². The summed E-state index contributed by atoms with van der Waals surface area (Å²) in [6.07, 6.45) is 2.47. The maximum Gasteiger partial charge on any atom is 0.288 e. The first-order valence-corrected chi connectivity index (χ1v) is 36.1. The van der Waals surface area contributed by atoms with Gasteiger partial charge in [-0.3, -0.25) is 39.9 Å². The fourth-order valence-electron chi connectivity index (χ4n) is 9.81. The van der Waals surface area contributed by atoms with Crippen molar-refractivity contribution in [3.8, 4) is 63.1 Å². The van der Waals surface area contributed by atoms with Gasteiger partial charge in [-0.25, -0.2) is 19.9 Å². The van der Waals surface area contributed by atoms with Crippen LogP contribution >= 0.6 is 39.5 Å². The number of aliphatic hydroxyl groups is 1. The third kappa shape index (κ3) is 24.5. The number of alkyl halides is 1. The van der Waals surface area contributed by atoms with E-state index in [4.69, 9.17) is 42.7 Å². The summed E-state index contributed by atoms with van der Waals surface area (Å²) in [7, 11) is 0. The van der Waals surface area contributed by atoms with Crippen molar-refractivity contribution in [2.45, 2.75) is 76.8 Å². The molecule has 2 atom stereocenters. The molecule has 8 aromatic carbocycles. The fourth-order valence-corrected chi connectivity index (χ4v) is 11.7. The Labute approximate surface area is 629 Å². The van der Waals surface area contributed by atoms with Crippen LogP contribution in [0, 0.1) is 51.7 Å². The van der Waals surface area contributed by atoms with Crippen molar-refractivity contribution in [3.05, 3.63) is 285 Å². The minimum atomic E-state index is -0.608. The molecule has 23 nitrogen and oxygen atoms in total. The lowest BCUT2D eigenvalue weighted by Gasteiger charge is -2.11. The Morgan fingerprint density at radius 3 is 1.08 bits per heavy atom. The fraction of sp³-hybridized carbons (Fsp3) is 0.200. The molecule has 2 aliphatic heterocycles. The third-order valence-corrected chi connectivity index (χ3v) is 18.1. The van der Waals surface area contributed by atoms with Crippen molar-refractivity contribution < 1.29 is 61.1 Å². The number of hydrogen-bond acceptors (Lipinski definition) is 22. The van der Waals surface area contributed by atoms with Crippen molar-refractivity contribution in [1.82, 2.24) is 30.6 Å². The minimum Gasteiger partial charge on any atom is -0.493 e. The number of nitrogens with two attached hydrogens (primary N) is 1. The van der Waals surface area contributed by atoms with Gasteiger partial charge < -0.3 is 48.0 Å². The summed E-state index contributed by atoms with van der Waals surface area (Å²) < 4.78 is 39.5. The predicted octanol–water partition coefficient (Wildman–Crippen LogP) is 17.2. The highest BCUT2D eigenvalue weighted by atomic mass is 79.9. The molecular weight excluding hydrogens is 1450 g/mol. The van der Waals surface area contributed by atoms with E-state index in [1.165, 1.54) is 23.3 Å². The normalized spacial score (nSPS) is 13.3. The summed E-state index contributed by atoms with van der Waals surface area (Å²) in [5.74, 6) is 7.15. The number of non-ortho nitro benzene ring substituents is 1. The van der Waals surface area contributed by atoms with E-state index in [1.54, 1.807) is 24.3 Å². The SMILES string of the molecule is Cc1ccc(C)cc1.Cc1oc(-c2ccccc2)nc1CCO.Cc1oc(-c2ccccc2)nc1CCOc1ccc(N)cc1.Cc1oc(-c2ccccc2)nc1CCOc1ccc(NC2SC(=O)NC2=O)cc1.Cc1oc(-c2ccccc2)nc1CCOc1ccc([N+](=O)[O-])cc1.O=C1NC(=O)C(Br)S1. The number of benzene rings is 8. The van der Waals surface area contributed by atoms with Crippen LogP contribution in [0.3, 0.4) is 0 Å². The van der Waals surface area contributed by atoms with Crippen LogP contribution in [-0.2, 0) is 35.3 Å². The van der Waals surface area contributed by atoms with Crippen LogP contribution in [0.2, 0.25) is 0 Å². The number of thioether (sulfide) groups is 2. The zero-order valence-corrected chi connectivity index (χ0v) is 62.1. The van der Waals surface area contributed by atoms with Gasteiger partial charge in [-0.2, -0.15) is 0 Å². The largest absolute Gasteiger partial charge is 0.493 e. The predicted molar refractivity (Wildman–Crippen MR) is 414 cm³/mol. The zero-order valence-electron chi connectivity index (χ0n) is 58.9. The van der Waals surface area contributed by atoms with E-state index < -0.39 is 10.3 Å². The molecule has 2 fully saturated rings. The summed E-state index contributed by atoms with van der Waals surface area (Å²) in [5, 5.41) is 25.6. The molecule has 4 aromatic heterocycles. The first kappa shape index (κ1) is 78.6. The number of anilines is 2. The number of halogens is 1. The molecule has 0 saturated carbocycles. The molecule has 6 N–H and O–H groups in total. The maximum absolute atomic E-state index is 11.6. The number of nitro groups is 1. The number of imide groups is 2. The van der Waals surface area contributed by atoms with Crippen LogP contribution in [0.5, 0.6) is 17.2 Å². The highest BCUT2D eigenvalue weighted by Gasteiger charge is 2.32. The smallest absolute Gasteiger partial charge is 0.288 e. The molecule has 26 heteroatoms. The monoisotopic (exact) mass is 1530 g/mol. The van der Waals surface area contributed by atoms with Crippen molar-refractivity contribution in [2.75, 3.05) is 37.5 Å². The lowest BCUT2D eigenvalue weighted by molar-refractivity contribution is -0.384. The number of aromatic nitrogens is 4. The Morgan fingerprint density at radius 2 is 0.783 bits per heavy atom. The Morgan fingerprint density at radius 1 is 0.462 bits per heavy atom. The first-order chi connectivity index (χ1) is 51.2. The number of carbonyl (C=O) groups excluding carboxylic acids is 4. The number of rotatable bonds is 21. The van der Waals surface area contributed by atoms with Crippen LogP contribution in [0.4, 0.5) is 26.7 Å². The lowest BCUT2D eigenvalue weighted by Crippen LogP contribution is -2.29. The highest BCUT2D eigenvalue weighted by molar-refractivity contribution is 9.12. The van der Waals surface area contributed by atoms with E-state index in [0.29, 0.717) is 80.6 Å². The van der Waals surface area contributed by atoms with Crippen molar-refractivity contribution in [3.63, 3.8) is 0 Å². The quantitative estimate of drug-likeness (QED) is 0.0193. The van der Waals surface area contributed by atoms with Gasteiger partial charge >= 0.3 is 0 Å². The molecular formula is C80H78BrN9O14S2. The van der Waals surface area contributed by atoms with Gasteiger partial charge in [0.05, 0.1) is 47.5 Å². The van der Waals surface area contributed by atoms with Crippen molar-refractivity contribution >= 4 is 78.8 Å². The first-order valence-electron chi connectivity index (χ1n) is 33.5. The van der Waals surface area contributed by atoms with Gasteiger partial charge in [0.25, 0.3) is 28.0 Å². The number of aryl methyl sites for hydroxylation is 6. The molecule has 106 heavy (non-hydrogen) atoms. The molecule has 0 aliphatic carbocycles. The van der Waals surface area contributed by atoms with E-state index in [0.717, 1.165) is 109 Å². The molecule has 2 aliphatic rings. The Bertz CT molecular complexity index is 4760. The standard InChI is InChI=1S/C21H19N3O4S.C18H16N2O4.C18H18N2O2.C12H13NO2.C8H10.C3H2BrNO2S/c1-13-17(23-19(28-13)14-5-3-2-4-6-14)11-12-27-16-9-7-15(8-10-16)22-20-18(25)24-21(26)29-20;1-13-17(19-18(24-13)14-5-3-2-4-6-14)11-12-23-16-9-7-15(8-10-16)20(21)22;1-13-17(11-12-21-16-9-7-15(19)8-10-16)20-18(22-13)14-5-3-2-4-6-14;1-9-11(7-8-14)13-12(15-9)10-5-3-2-4-6-10;1-7-3-5-8(2)6-4-7;4-1-2(6)5-3(7)8-1/h2-10,20,22H,11-12H2,1H3,(H,24,25,26);2-10H,11-12H2,1H3;2-10H,11-12,19H2,1H3;2-6,14H,7-8H2,1H3;3-6H,1-2H3;1H,(H,5,6,7). The number of nitrogen functional groups attached to an aromatic ring is 1. The molecule has 0 spiro atoms. The number of ether oxygens (including phenoxy) is 3. The van der Waals surface area contributed by atoms with Gasteiger partial charge in [0.1, 0.15) is 44.4 Å². The zero-order chi connectivity index (χ0) is 75.3. The molecule has 2 saturated heterocycles. The Kier molecular flexibility index (Phi) is 29.6. The molecule has 0 bridgehead atoms. The van der Waals surface area contributed by atoms with E-state index >= 15 is 0 Å². The number of nitrogens with zero attached hydrogens (tertiary/aromatic N) is 5. The van der Waals surface area contributed by atoms with Gasteiger partial charge in [0.2, 0.25) is 23.6 Å². The second-order valence-electron chi connectivity index (χ2n) is 23.4. The van der Waals surface area contributed by atoms with Crippen LogP contribution in [0.15, 0.2) is 236 Å². The number of nitrogens with one attached hydrogen (secondary N) is 3. The van der Waals surface area contributed by atoms with Crippen molar-refractivity contribution in [1.29, 1.82) is 0 Å². The van der Waals surface area contributed by atoms with E-state index in [2.05, 4.69) is 89.9 Å². The van der Waals surface area contributed by atoms with Gasteiger partial charge in [-0.15, -0.1) is 0 Å². The maximum atomic E-state index is 11.6. The molecule has 0 radical (unpaired) electrons. The minimum absolute atomic E-state index is 0.0437. The summed E-state index contributed by atoms with van der Waals surface area (Å²) >= 11 is 4.85. The summed E-state index contributed by atoms with van der Waals surface area (Å²) in [6, 6.07) is 68.2. The number of aliphatic hydroxyl groups excluding tert-OH is 1. The number of amides is 4. The van der Waals surface area contributed by atoms with Gasteiger partial charge in [0, 0.05) is 78.1 Å². The number of oxazole rings is 4. The second kappa shape index (κ2) is 39.9. The van der Waals surface area contributed by atoms with Crippen molar-refractivity contribution in [2.24, 2.45) is 0 Å². The van der Waals surface area contributed by atoms with Crippen LogP contribution < -0.4 is 35.9 Å². The van der Waals surface area contributed by atoms with Gasteiger partial charge in [-0.1, -0.05) is 124 Å². The van der Waals surface area contributed by atoms with Crippen LogP contribution in [-0.4, -0.2) is 88.2 Å².